The fraction of sp³-hybridized carbons (Fsp3) is 1.00. The van der Waals surface area contributed by atoms with Gasteiger partial charge in [0, 0.05) is 43.8 Å². The van der Waals surface area contributed by atoms with Gasteiger partial charge in [-0.15, -0.1) is 0 Å². The van der Waals surface area contributed by atoms with E-state index in [4.69, 9.17) is 5.73 Å². The van der Waals surface area contributed by atoms with Crippen LogP contribution >= 0.6 is 0 Å². The summed E-state index contributed by atoms with van der Waals surface area (Å²) in [7, 11) is 0. The third kappa shape index (κ3) is 2.35. The SMILES string of the molecule is NCC1(N2CCCN3CCCC3C2)CCN2CCCCC21. The molecular formula is C17H32N4. The van der Waals surface area contributed by atoms with Crippen molar-refractivity contribution >= 4 is 0 Å². The van der Waals surface area contributed by atoms with Gasteiger partial charge in [0.15, 0.2) is 0 Å². The highest BCUT2D eigenvalue weighted by molar-refractivity contribution is 5.10. The fourth-order valence-electron chi connectivity index (χ4n) is 5.72. The summed E-state index contributed by atoms with van der Waals surface area (Å²) in [6, 6.07) is 1.55. The Kier molecular flexibility index (Phi) is 3.99. The van der Waals surface area contributed by atoms with E-state index in [1.807, 2.05) is 0 Å². The lowest BCUT2D eigenvalue weighted by Gasteiger charge is -2.48. The van der Waals surface area contributed by atoms with Crippen LogP contribution in [-0.4, -0.2) is 78.1 Å². The van der Waals surface area contributed by atoms with Gasteiger partial charge in [0.25, 0.3) is 0 Å². The Labute approximate surface area is 129 Å². The summed E-state index contributed by atoms with van der Waals surface area (Å²) < 4.78 is 0. The van der Waals surface area contributed by atoms with Crippen molar-refractivity contribution in [2.45, 2.75) is 62.6 Å². The molecule has 21 heavy (non-hydrogen) atoms. The van der Waals surface area contributed by atoms with Gasteiger partial charge in [-0.05, 0) is 58.2 Å². The second-order valence-corrected chi connectivity index (χ2v) is 7.74. The molecule has 0 radical (unpaired) electrons. The lowest BCUT2D eigenvalue weighted by molar-refractivity contribution is 0.0329. The molecule has 0 saturated carbocycles. The van der Waals surface area contributed by atoms with Crippen molar-refractivity contribution in [3.8, 4) is 0 Å². The zero-order valence-corrected chi connectivity index (χ0v) is 13.5. The Bertz CT molecular complexity index is 374. The molecule has 3 atom stereocenters. The summed E-state index contributed by atoms with van der Waals surface area (Å²) in [6.45, 7) is 8.67. The monoisotopic (exact) mass is 292 g/mol. The minimum atomic E-state index is 0.291. The van der Waals surface area contributed by atoms with Crippen molar-refractivity contribution in [3.63, 3.8) is 0 Å². The number of hydrogen-bond acceptors (Lipinski definition) is 4. The average Bonchev–Trinajstić information content (AvgIpc) is 3.07. The van der Waals surface area contributed by atoms with Crippen molar-refractivity contribution in [2.75, 3.05) is 45.8 Å². The first-order chi connectivity index (χ1) is 10.3. The molecular weight excluding hydrogens is 260 g/mol. The van der Waals surface area contributed by atoms with E-state index in [9.17, 15) is 0 Å². The molecule has 0 amide bonds. The number of fused-ring (bicyclic) bond motifs is 2. The van der Waals surface area contributed by atoms with Gasteiger partial charge in [0.05, 0.1) is 0 Å². The number of rotatable bonds is 2. The molecule has 0 bridgehead atoms. The molecule has 0 aromatic carbocycles. The predicted molar refractivity (Wildman–Crippen MR) is 86.4 cm³/mol. The Morgan fingerprint density at radius 2 is 1.71 bits per heavy atom. The quantitative estimate of drug-likeness (QED) is 0.827. The average molecular weight is 292 g/mol. The van der Waals surface area contributed by atoms with E-state index in [1.54, 1.807) is 0 Å². The first kappa shape index (κ1) is 14.4. The van der Waals surface area contributed by atoms with E-state index in [0.29, 0.717) is 5.54 Å². The largest absolute Gasteiger partial charge is 0.329 e. The van der Waals surface area contributed by atoms with Crippen LogP contribution in [0.25, 0.3) is 0 Å². The van der Waals surface area contributed by atoms with Crippen molar-refractivity contribution in [1.82, 2.24) is 14.7 Å². The molecule has 4 rings (SSSR count). The number of piperidine rings is 1. The first-order valence-electron chi connectivity index (χ1n) is 9.27. The van der Waals surface area contributed by atoms with Crippen molar-refractivity contribution in [2.24, 2.45) is 5.73 Å². The molecule has 4 aliphatic heterocycles. The third-order valence-electron chi connectivity index (χ3n) is 6.85. The van der Waals surface area contributed by atoms with Crippen LogP contribution in [0.1, 0.15) is 44.9 Å². The van der Waals surface area contributed by atoms with Crippen LogP contribution in [0.3, 0.4) is 0 Å². The van der Waals surface area contributed by atoms with Crippen LogP contribution in [-0.2, 0) is 0 Å². The smallest absolute Gasteiger partial charge is 0.0499 e. The maximum Gasteiger partial charge on any atom is 0.0499 e. The molecule has 0 aromatic heterocycles. The van der Waals surface area contributed by atoms with E-state index in [1.165, 1.54) is 84.2 Å². The van der Waals surface area contributed by atoms with Gasteiger partial charge in [-0.2, -0.15) is 0 Å². The maximum absolute atomic E-state index is 6.41. The maximum atomic E-state index is 6.41. The summed E-state index contributed by atoms with van der Waals surface area (Å²) in [5.74, 6) is 0. The van der Waals surface area contributed by atoms with Gasteiger partial charge < -0.3 is 5.73 Å². The predicted octanol–water partition coefficient (Wildman–Crippen LogP) is 1.11. The van der Waals surface area contributed by atoms with E-state index in [2.05, 4.69) is 14.7 Å². The number of nitrogens with zero attached hydrogens (tertiary/aromatic N) is 3. The van der Waals surface area contributed by atoms with Crippen molar-refractivity contribution < 1.29 is 0 Å². The van der Waals surface area contributed by atoms with Crippen LogP contribution in [0.4, 0.5) is 0 Å². The molecule has 4 nitrogen and oxygen atoms in total. The highest BCUT2D eigenvalue weighted by Crippen LogP contribution is 2.40. The Hall–Kier alpha value is -0.160. The van der Waals surface area contributed by atoms with Crippen LogP contribution in [0, 0.1) is 0 Å². The summed E-state index contributed by atoms with van der Waals surface area (Å²) in [4.78, 5) is 8.35. The number of hydrogen-bond donors (Lipinski definition) is 1. The number of nitrogens with two attached hydrogens (primary N) is 1. The molecule has 4 aliphatic rings. The van der Waals surface area contributed by atoms with E-state index in [-0.39, 0.29) is 0 Å². The topological polar surface area (TPSA) is 35.7 Å². The van der Waals surface area contributed by atoms with Crippen LogP contribution in [0.15, 0.2) is 0 Å². The first-order valence-corrected chi connectivity index (χ1v) is 9.27. The molecule has 0 aromatic rings. The summed E-state index contributed by atoms with van der Waals surface area (Å²) in [6.07, 6.45) is 9.64. The van der Waals surface area contributed by atoms with Gasteiger partial charge >= 0.3 is 0 Å². The molecule has 0 aliphatic carbocycles. The van der Waals surface area contributed by atoms with Gasteiger partial charge in [-0.3, -0.25) is 14.7 Å². The Balaban J connectivity index is 1.56. The molecule has 4 heteroatoms. The van der Waals surface area contributed by atoms with Crippen molar-refractivity contribution in [1.29, 1.82) is 0 Å². The van der Waals surface area contributed by atoms with Crippen LogP contribution < -0.4 is 5.73 Å². The van der Waals surface area contributed by atoms with Crippen LogP contribution in [0.2, 0.25) is 0 Å². The molecule has 2 N–H and O–H groups in total. The standard InChI is InChI=1S/C17H32N4/c18-14-17(7-12-20-8-2-1-6-16(17)20)21-11-4-10-19-9-3-5-15(19)13-21/h15-16H,1-14,18H2. The Morgan fingerprint density at radius 3 is 2.62 bits per heavy atom. The van der Waals surface area contributed by atoms with Gasteiger partial charge in [-0.25, -0.2) is 0 Å². The highest BCUT2D eigenvalue weighted by atomic mass is 15.4. The zero-order valence-electron chi connectivity index (χ0n) is 13.5. The molecule has 4 heterocycles. The van der Waals surface area contributed by atoms with Crippen LogP contribution in [0.5, 0.6) is 0 Å². The van der Waals surface area contributed by atoms with Gasteiger partial charge in [-0.1, -0.05) is 6.42 Å². The second kappa shape index (κ2) is 5.80. The molecule has 3 unspecified atom stereocenters. The normalized spacial score (nSPS) is 42.7. The van der Waals surface area contributed by atoms with Gasteiger partial charge in [0.2, 0.25) is 0 Å². The summed E-state index contributed by atoms with van der Waals surface area (Å²) >= 11 is 0. The van der Waals surface area contributed by atoms with E-state index < -0.39 is 0 Å². The minimum Gasteiger partial charge on any atom is -0.329 e. The fourth-order valence-corrected chi connectivity index (χ4v) is 5.72. The minimum absolute atomic E-state index is 0.291. The second-order valence-electron chi connectivity index (χ2n) is 7.74. The molecule has 4 fully saturated rings. The van der Waals surface area contributed by atoms with E-state index >= 15 is 0 Å². The van der Waals surface area contributed by atoms with Crippen molar-refractivity contribution in [3.05, 3.63) is 0 Å². The molecule has 0 spiro atoms. The molecule has 4 saturated heterocycles. The summed E-state index contributed by atoms with van der Waals surface area (Å²) in [5, 5.41) is 0. The van der Waals surface area contributed by atoms with E-state index in [0.717, 1.165) is 18.6 Å². The zero-order chi connectivity index (χ0) is 14.3. The summed E-state index contributed by atoms with van der Waals surface area (Å²) in [5.41, 5.74) is 6.70. The Morgan fingerprint density at radius 1 is 0.857 bits per heavy atom. The van der Waals surface area contributed by atoms with Gasteiger partial charge in [0.1, 0.15) is 0 Å². The third-order valence-corrected chi connectivity index (χ3v) is 6.85. The highest BCUT2D eigenvalue weighted by Gasteiger charge is 2.51. The lowest BCUT2D eigenvalue weighted by Crippen LogP contribution is -2.63. The lowest BCUT2D eigenvalue weighted by atomic mass is 9.83. The molecule has 120 valence electrons.